The third kappa shape index (κ3) is 2.54. The van der Waals surface area contributed by atoms with Gasteiger partial charge in [-0.1, -0.05) is 11.6 Å². The Kier molecular flexibility index (Phi) is 3.16. The van der Waals surface area contributed by atoms with Gasteiger partial charge in [-0.05, 0) is 37.2 Å². The quantitative estimate of drug-likeness (QED) is 0.782. The summed E-state index contributed by atoms with van der Waals surface area (Å²) in [5, 5.41) is 12.7. The molecule has 2 N–H and O–H groups in total. The van der Waals surface area contributed by atoms with Gasteiger partial charge < -0.3 is 4.98 Å². The molecule has 21 heavy (non-hydrogen) atoms. The normalized spacial score (nSPS) is 19.6. The first-order valence-corrected chi connectivity index (χ1v) is 7.51. The number of rotatable bonds is 3. The van der Waals surface area contributed by atoms with Crippen molar-refractivity contribution in [2.24, 2.45) is 0 Å². The minimum Gasteiger partial charge on any atom is -0.357 e. The smallest absolute Gasteiger partial charge is 0.0868 e. The van der Waals surface area contributed by atoms with Gasteiger partial charge in [0.25, 0.3) is 0 Å². The number of aromatic amines is 2. The van der Waals surface area contributed by atoms with Gasteiger partial charge in [-0.25, -0.2) is 0 Å². The van der Waals surface area contributed by atoms with Gasteiger partial charge in [-0.3, -0.25) is 4.90 Å². The van der Waals surface area contributed by atoms with Gasteiger partial charge in [0.1, 0.15) is 0 Å². The van der Waals surface area contributed by atoms with Crippen LogP contribution < -0.4 is 0 Å². The fraction of sp³-hybridized carbons (Fsp3) is 0.333. The highest BCUT2D eigenvalue weighted by atomic mass is 35.5. The number of benzene rings is 1. The molecule has 1 aliphatic heterocycles. The summed E-state index contributed by atoms with van der Waals surface area (Å²) in [4.78, 5) is 5.91. The second kappa shape index (κ2) is 5.16. The van der Waals surface area contributed by atoms with Crippen molar-refractivity contribution in [3.63, 3.8) is 0 Å². The van der Waals surface area contributed by atoms with Crippen LogP contribution in [0.4, 0.5) is 0 Å². The van der Waals surface area contributed by atoms with Gasteiger partial charge >= 0.3 is 0 Å². The fourth-order valence-corrected chi connectivity index (χ4v) is 3.30. The van der Waals surface area contributed by atoms with E-state index in [1.807, 2.05) is 24.4 Å². The van der Waals surface area contributed by atoms with Gasteiger partial charge in [0.05, 0.1) is 11.9 Å². The topological polar surface area (TPSA) is 60.6 Å². The molecule has 1 aliphatic rings. The van der Waals surface area contributed by atoms with Crippen molar-refractivity contribution < 1.29 is 0 Å². The van der Waals surface area contributed by atoms with Gasteiger partial charge in [-0.15, -0.1) is 0 Å². The van der Waals surface area contributed by atoms with E-state index < -0.39 is 0 Å². The van der Waals surface area contributed by atoms with Crippen molar-refractivity contribution in [1.82, 2.24) is 25.3 Å². The van der Waals surface area contributed by atoms with Crippen LogP contribution in [0.15, 0.2) is 30.5 Å². The molecule has 0 aliphatic carbocycles. The van der Waals surface area contributed by atoms with Crippen LogP contribution >= 0.6 is 11.6 Å². The van der Waals surface area contributed by atoms with Crippen LogP contribution in [0, 0.1) is 0 Å². The summed E-state index contributed by atoms with van der Waals surface area (Å²) in [6, 6.07) is 8.13. The lowest BCUT2D eigenvalue weighted by molar-refractivity contribution is 0.323. The number of H-pyrrole nitrogens is 2. The van der Waals surface area contributed by atoms with E-state index in [0.29, 0.717) is 5.92 Å². The molecule has 2 aromatic heterocycles. The van der Waals surface area contributed by atoms with Crippen molar-refractivity contribution in [3.05, 3.63) is 46.9 Å². The molecule has 0 bridgehead atoms. The Labute approximate surface area is 127 Å². The maximum atomic E-state index is 6.03. The molecule has 3 heterocycles. The van der Waals surface area contributed by atoms with Gasteiger partial charge in [0.2, 0.25) is 0 Å². The van der Waals surface area contributed by atoms with Crippen molar-refractivity contribution in [2.45, 2.75) is 18.9 Å². The number of fused-ring (bicyclic) bond motifs is 1. The maximum absolute atomic E-state index is 6.03. The summed E-state index contributed by atoms with van der Waals surface area (Å²) in [6.07, 6.45) is 2.97. The SMILES string of the molecule is Clc1ccc2[nH]c(CN3CCC(c4cn[nH]n4)C3)cc2c1. The molecular formula is C15H16ClN5. The van der Waals surface area contributed by atoms with E-state index in [9.17, 15) is 0 Å². The molecule has 5 nitrogen and oxygen atoms in total. The third-order valence-corrected chi connectivity index (χ3v) is 4.39. The van der Waals surface area contributed by atoms with Gasteiger partial charge in [-0.2, -0.15) is 15.4 Å². The van der Waals surface area contributed by atoms with Crippen molar-refractivity contribution in [1.29, 1.82) is 0 Å². The van der Waals surface area contributed by atoms with Crippen molar-refractivity contribution >= 4 is 22.5 Å². The zero-order valence-corrected chi connectivity index (χ0v) is 12.3. The zero-order valence-electron chi connectivity index (χ0n) is 11.5. The predicted molar refractivity (Wildman–Crippen MR) is 82.3 cm³/mol. The fourth-order valence-electron chi connectivity index (χ4n) is 3.11. The average molecular weight is 302 g/mol. The molecular weight excluding hydrogens is 286 g/mol. The largest absolute Gasteiger partial charge is 0.357 e. The minimum absolute atomic E-state index is 0.488. The van der Waals surface area contributed by atoms with E-state index in [0.717, 1.165) is 42.3 Å². The molecule has 1 unspecified atom stereocenters. The van der Waals surface area contributed by atoms with E-state index in [2.05, 4.69) is 31.4 Å². The second-order valence-electron chi connectivity index (χ2n) is 5.64. The molecule has 0 amide bonds. The molecule has 3 aromatic rings. The van der Waals surface area contributed by atoms with E-state index in [-0.39, 0.29) is 0 Å². The van der Waals surface area contributed by atoms with Crippen molar-refractivity contribution in [2.75, 3.05) is 13.1 Å². The molecule has 0 radical (unpaired) electrons. The van der Waals surface area contributed by atoms with Crippen LogP contribution in [0.25, 0.3) is 10.9 Å². The minimum atomic E-state index is 0.488. The predicted octanol–water partition coefficient (Wildman–Crippen LogP) is 2.93. The lowest BCUT2D eigenvalue weighted by Gasteiger charge is -2.14. The molecule has 4 rings (SSSR count). The van der Waals surface area contributed by atoms with E-state index >= 15 is 0 Å². The number of nitrogens with one attached hydrogen (secondary N) is 2. The number of nitrogens with zero attached hydrogens (tertiary/aromatic N) is 3. The van der Waals surface area contributed by atoms with E-state index in [1.165, 1.54) is 11.1 Å². The Morgan fingerprint density at radius 3 is 3.14 bits per heavy atom. The Morgan fingerprint density at radius 1 is 1.33 bits per heavy atom. The van der Waals surface area contributed by atoms with Gasteiger partial charge in [0, 0.05) is 40.6 Å². The Balaban J connectivity index is 1.48. The van der Waals surface area contributed by atoms with Crippen LogP contribution in [0.5, 0.6) is 0 Å². The van der Waals surface area contributed by atoms with E-state index in [4.69, 9.17) is 11.6 Å². The van der Waals surface area contributed by atoms with Crippen LogP contribution in [0.1, 0.15) is 23.7 Å². The first-order chi connectivity index (χ1) is 10.3. The molecule has 1 aromatic carbocycles. The number of hydrogen-bond donors (Lipinski definition) is 2. The van der Waals surface area contributed by atoms with E-state index in [1.54, 1.807) is 0 Å². The second-order valence-corrected chi connectivity index (χ2v) is 6.08. The monoisotopic (exact) mass is 301 g/mol. The van der Waals surface area contributed by atoms with Crippen molar-refractivity contribution in [3.8, 4) is 0 Å². The maximum Gasteiger partial charge on any atom is 0.0868 e. The standard InChI is InChI=1S/C15H16ClN5/c16-12-1-2-14-11(5-12)6-13(18-14)9-21-4-3-10(8-21)15-7-17-20-19-15/h1-2,5-7,10,18H,3-4,8-9H2,(H,17,19,20). The Morgan fingerprint density at radius 2 is 2.29 bits per heavy atom. The van der Waals surface area contributed by atoms with Crippen LogP contribution in [-0.2, 0) is 6.54 Å². The Bertz CT molecular complexity index is 749. The van der Waals surface area contributed by atoms with Crippen LogP contribution in [-0.4, -0.2) is 38.4 Å². The molecule has 6 heteroatoms. The summed E-state index contributed by atoms with van der Waals surface area (Å²) in [5.41, 5.74) is 3.44. The lowest BCUT2D eigenvalue weighted by atomic mass is 10.1. The third-order valence-electron chi connectivity index (χ3n) is 4.16. The van der Waals surface area contributed by atoms with Crippen LogP contribution in [0.3, 0.4) is 0 Å². The highest BCUT2D eigenvalue weighted by molar-refractivity contribution is 6.31. The van der Waals surface area contributed by atoms with Gasteiger partial charge in [0.15, 0.2) is 0 Å². The zero-order chi connectivity index (χ0) is 14.2. The molecule has 108 valence electrons. The molecule has 1 fully saturated rings. The molecule has 1 saturated heterocycles. The number of likely N-dealkylation sites (tertiary alicyclic amines) is 1. The molecule has 1 atom stereocenters. The summed E-state index contributed by atoms with van der Waals surface area (Å²) < 4.78 is 0. The summed E-state index contributed by atoms with van der Waals surface area (Å²) in [5.74, 6) is 0.488. The van der Waals surface area contributed by atoms with Crippen LogP contribution in [0.2, 0.25) is 5.02 Å². The molecule has 0 saturated carbocycles. The first-order valence-electron chi connectivity index (χ1n) is 7.13. The Hall–Kier alpha value is -1.85. The highest BCUT2D eigenvalue weighted by Crippen LogP contribution is 2.27. The average Bonchev–Trinajstić information content (AvgIpc) is 3.16. The number of halogens is 1. The number of aromatic nitrogens is 4. The summed E-state index contributed by atoms with van der Waals surface area (Å²) >= 11 is 6.03. The first kappa shape index (κ1) is 12.9. The summed E-state index contributed by atoms with van der Waals surface area (Å²) in [7, 11) is 0. The summed E-state index contributed by atoms with van der Waals surface area (Å²) in [6.45, 7) is 3.05. The molecule has 0 spiro atoms. The highest BCUT2D eigenvalue weighted by Gasteiger charge is 2.25. The lowest BCUT2D eigenvalue weighted by Crippen LogP contribution is -2.20. The number of hydrogen-bond acceptors (Lipinski definition) is 3.